The third kappa shape index (κ3) is 67.9. The van der Waals surface area contributed by atoms with Gasteiger partial charge in [0, 0.05) is 48.5 Å². The number of esters is 2. The predicted molar refractivity (Wildman–Crippen MR) is 506 cm³/mol. The predicted octanol–water partition coefficient (Wildman–Crippen LogP) is 21.9. The SMILES string of the molecule is C.C.CC(=O)C=P(c1ccccc1)(c1ccccc1)c1ccccc1.CCCCCCCCBr.CCCCCCCCCC(=O)/C=C/C1OC1CCCC(=O)OC.CCCCCCCCCC(=O)C=Pc1ccccc1.CCCCCCCCCC(O)/C=C/C1OC1CCCC(=O)O.COC(=O)CCCC1OC1C=O.ClCCl.[CH2-]CCC.[Li+]. The number of carboxylic acid groups (broad SMARTS) is 1. The van der Waals surface area contributed by atoms with Gasteiger partial charge in [-0.25, -0.2) is 0 Å². The van der Waals surface area contributed by atoms with Crippen LogP contribution >= 0.6 is 54.2 Å². The Bertz CT molecular complexity index is 3070. The fourth-order valence-corrected chi connectivity index (χ4v) is 17.1. The van der Waals surface area contributed by atoms with Crippen LogP contribution in [0.15, 0.2) is 146 Å². The molecule has 664 valence electrons. The van der Waals surface area contributed by atoms with E-state index in [0.717, 1.165) is 85.1 Å². The number of benzene rings is 4. The summed E-state index contributed by atoms with van der Waals surface area (Å²) in [6, 6.07) is 41.2. The van der Waals surface area contributed by atoms with Crippen molar-refractivity contribution in [1.82, 2.24) is 0 Å². The second-order valence-electron chi connectivity index (χ2n) is 29.1. The maximum Gasteiger partial charge on any atom is 1.00 e. The number of hydrogen-bond acceptors (Lipinski definition) is 13. The summed E-state index contributed by atoms with van der Waals surface area (Å²) in [6.07, 6.45) is 52.7. The number of ether oxygens (including phenoxy) is 5. The number of rotatable bonds is 54. The number of epoxide rings is 3. The molecule has 2 N–H and O–H groups in total. The van der Waals surface area contributed by atoms with E-state index in [1.165, 1.54) is 195 Å². The van der Waals surface area contributed by atoms with Crippen molar-refractivity contribution < 1.29 is 86.3 Å². The van der Waals surface area contributed by atoms with Gasteiger partial charge in [0.2, 0.25) is 0 Å². The summed E-state index contributed by atoms with van der Waals surface area (Å²) in [5.41, 5.74) is 0. The number of aliphatic carboxylic acids is 1. The molecular formula is C98H156BrCl2LiO14P2. The summed E-state index contributed by atoms with van der Waals surface area (Å²) in [7, 11) is 3.79. The van der Waals surface area contributed by atoms with E-state index < -0.39 is 12.9 Å². The van der Waals surface area contributed by atoms with Gasteiger partial charge in [0.05, 0.1) is 44.0 Å². The molecule has 3 fully saturated rings. The summed E-state index contributed by atoms with van der Waals surface area (Å²) in [4.78, 5) is 77.7. The number of halogens is 3. The first-order valence-electron chi connectivity index (χ1n) is 43.2. The number of aldehydes is 1. The average molecular weight is 1780 g/mol. The minimum atomic E-state index is -2.08. The molecule has 3 aliphatic rings. The smallest absolute Gasteiger partial charge is 0.481 e. The fraction of sp³-hybridized carbons (Fsp3) is 0.612. The number of unbranched alkanes of at least 4 members (excludes halogenated alkanes) is 24. The normalized spacial score (nSPS) is 15.8. The molecule has 3 saturated heterocycles. The van der Waals surface area contributed by atoms with Gasteiger partial charge in [-0.2, -0.15) is 6.42 Å². The van der Waals surface area contributed by atoms with Crippen LogP contribution in [0, 0.1) is 6.92 Å². The van der Waals surface area contributed by atoms with Crippen LogP contribution in [0.4, 0.5) is 0 Å². The number of carboxylic acids is 1. The van der Waals surface area contributed by atoms with Crippen molar-refractivity contribution in [2.45, 2.75) is 362 Å². The van der Waals surface area contributed by atoms with Crippen LogP contribution in [0.1, 0.15) is 320 Å². The Morgan fingerprint density at radius 2 is 0.831 bits per heavy atom. The van der Waals surface area contributed by atoms with Gasteiger partial charge in [0.25, 0.3) is 0 Å². The molecule has 14 nitrogen and oxygen atoms in total. The number of methoxy groups -OCH3 is 2. The third-order valence-corrected chi connectivity index (χ3v) is 24.7. The van der Waals surface area contributed by atoms with Gasteiger partial charge in [-0.1, -0.05) is 368 Å². The van der Waals surface area contributed by atoms with E-state index in [1.807, 2.05) is 103 Å². The topological polar surface area (TPSA) is 216 Å². The van der Waals surface area contributed by atoms with E-state index in [0.29, 0.717) is 37.9 Å². The van der Waals surface area contributed by atoms with E-state index in [1.54, 1.807) is 13.0 Å². The molecule has 7 rings (SSSR count). The first kappa shape index (κ1) is 120. The van der Waals surface area contributed by atoms with E-state index in [9.17, 15) is 38.7 Å². The Morgan fingerprint density at radius 1 is 0.492 bits per heavy atom. The Balaban J connectivity index is -0.000000659. The molecule has 20 heteroatoms. The van der Waals surface area contributed by atoms with Crippen molar-refractivity contribution in [3.8, 4) is 0 Å². The van der Waals surface area contributed by atoms with Gasteiger partial charge in [0.15, 0.2) is 23.6 Å². The van der Waals surface area contributed by atoms with Crippen molar-refractivity contribution in [2.75, 3.05) is 24.9 Å². The van der Waals surface area contributed by atoms with E-state index in [-0.39, 0.29) is 112 Å². The zero-order valence-corrected chi connectivity index (χ0v) is 77.5. The molecule has 118 heavy (non-hydrogen) atoms. The zero-order valence-electron chi connectivity index (χ0n) is 72.6. The average Bonchev–Trinajstić information content (AvgIpc) is 1.38. The summed E-state index contributed by atoms with van der Waals surface area (Å²) < 4.78 is 24.9. The molecule has 4 aromatic rings. The molecule has 0 bridgehead atoms. The number of hydrogen-bond donors (Lipinski definition) is 2. The number of carbonyl (C=O) groups is 7. The van der Waals surface area contributed by atoms with Gasteiger partial charge in [-0.05, 0) is 112 Å². The van der Waals surface area contributed by atoms with Gasteiger partial charge in [0.1, 0.15) is 18.3 Å². The summed E-state index contributed by atoms with van der Waals surface area (Å²) in [5.74, 6) is 3.20. The number of ketones is 3. The van der Waals surface area contributed by atoms with Gasteiger partial charge in [-0.3, -0.25) is 28.8 Å². The summed E-state index contributed by atoms with van der Waals surface area (Å²) in [5, 5.41) is 24.6. The van der Waals surface area contributed by atoms with Gasteiger partial charge >= 0.3 is 36.8 Å². The summed E-state index contributed by atoms with van der Waals surface area (Å²) in [6.45, 7) is 14.2. The number of Topliss-reactive ketones (excluding diaryl/α,β-unsaturated/α-hetero) is 2. The van der Waals surface area contributed by atoms with Crippen molar-refractivity contribution in [3.63, 3.8) is 0 Å². The Morgan fingerprint density at radius 3 is 1.19 bits per heavy atom. The third-order valence-electron chi connectivity index (χ3n) is 19.0. The largest absolute Gasteiger partial charge is 1.00 e. The van der Waals surface area contributed by atoms with Crippen molar-refractivity contribution in [1.29, 1.82) is 0 Å². The molecule has 7 unspecified atom stereocenters. The van der Waals surface area contributed by atoms with Gasteiger partial charge < -0.3 is 45.6 Å². The second-order valence-corrected chi connectivity index (χ2v) is 35.0. The van der Waals surface area contributed by atoms with Crippen LogP contribution in [-0.2, 0) is 57.2 Å². The van der Waals surface area contributed by atoms with Crippen LogP contribution in [0.3, 0.4) is 0 Å². The van der Waals surface area contributed by atoms with Crippen LogP contribution in [0.25, 0.3) is 0 Å². The molecule has 0 aromatic heterocycles. The van der Waals surface area contributed by atoms with Crippen LogP contribution < -0.4 is 40.1 Å². The van der Waals surface area contributed by atoms with Crippen LogP contribution in [-0.4, -0.2) is 131 Å². The second kappa shape index (κ2) is 84.6. The Hall–Kier alpha value is -4.58. The van der Waals surface area contributed by atoms with Gasteiger partial charge in [-0.15, -0.1) is 23.2 Å². The molecule has 0 amide bonds. The minimum Gasteiger partial charge on any atom is -0.481 e. The molecule has 0 aliphatic carbocycles. The number of aliphatic hydroxyl groups excluding tert-OH is 1. The molecule has 4 aromatic carbocycles. The molecule has 0 saturated carbocycles. The van der Waals surface area contributed by atoms with E-state index in [2.05, 4.69) is 115 Å². The Kier molecular flexibility index (Phi) is 85.9. The maximum atomic E-state index is 12.2. The van der Waals surface area contributed by atoms with Crippen molar-refractivity contribution in [2.24, 2.45) is 0 Å². The van der Waals surface area contributed by atoms with Crippen LogP contribution in [0.5, 0.6) is 0 Å². The molecule has 3 aliphatic heterocycles. The van der Waals surface area contributed by atoms with Crippen molar-refractivity contribution >= 4 is 129 Å². The molecule has 3 heterocycles. The fourth-order valence-electron chi connectivity index (χ4n) is 12.2. The van der Waals surface area contributed by atoms with Crippen LogP contribution in [0.2, 0.25) is 0 Å². The first-order chi connectivity index (χ1) is 55.9. The Labute approximate surface area is 749 Å². The van der Waals surface area contributed by atoms with Crippen molar-refractivity contribution in [3.05, 3.63) is 153 Å². The number of aliphatic hydroxyl groups is 1. The molecule has 0 radical (unpaired) electrons. The monoisotopic (exact) mass is 1770 g/mol. The standard InChI is InChI=1S/C21H19OP.C19H32O4.C18H32O4.C17H25OP.C8H17Br.C8H12O4.C4H9.CH2Cl2.2CH4.Li/c1-18(22)17-23(19-11-5-2-6-12-19,20-13-7-3-8-14-20)21-15-9-4-10-16-21;1-3-4-5-6-7-8-9-11-16(20)14-15-18-17(23-18)12-10-13-19(21)22-2;1-2-3-4-5-6-7-8-10-15(19)13-14-17-16(22-17)11-9-12-18(20)21;1-2-3-4-5-6-7-9-12-16(18)15-19-17-13-10-8-11-14-17;1-2-3-4-5-6-7-8-9;1-11-8(10)4-2-3-6-7(5-9)12-6;1-3-4-2;2-1-3;;;/h2-17H,1H3;14-15,17-18H,3-13H2,1-2H3;13-17,19H,2-12H2,1H3,(H,20,21);8,10-11,13-15H,2-7,9,12H2,1H3;2-8H2,1H3;5-7H,2-4H2,1H3;1,3-4H2,2H3;1H2;2*1H4;/q;;;;;;-1;;;;+1/b;15-14+;14-13+;;;;;;;;. The summed E-state index contributed by atoms with van der Waals surface area (Å²) >= 11 is 12.9. The molecular weight excluding hydrogens is 1620 g/mol. The first-order valence-corrected chi connectivity index (χ1v) is 48.3. The zero-order chi connectivity index (χ0) is 85.1. The van der Waals surface area contributed by atoms with E-state index >= 15 is 0 Å². The maximum absolute atomic E-state index is 12.2. The number of alkyl halides is 3. The molecule has 7 atom stereocenters. The molecule has 0 spiro atoms. The number of allylic oxidation sites excluding steroid dienone is 1. The number of carbonyl (C=O) groups excluding carboxylic acids is 6. The van der Waals surface area contributed by atoms with E-state index in [4.69, 9.17) is 42.5 Å². The minimum absolute atomic E-state index is 0. The quantitative estimate of drug-likeness (QED) is 0.00402.